The minimum Gasteiger partial charge on any atom is -0.393 e. The molecule has 174 valence electrons. The summed E-state index contributed by atoms with van der Waals surface area (Å²) in [6.07, 6.45) is 10.8. The van der Waals surface area contributed by atoms with Crippen LogP contribution in [0, 0.1) is 28.6 Å². The molecule has 0 aromatic rings. The van der Waals surface area contributed by atoms with E-state index in [4.69, 9.17) is 4.74 Å². The van der Waals surface area contributed by atoms with Crippen molar-refractivity contribution in [2.75, 3.05) is 6.61 Å². The first-order valence-corrected chi connectivity index (χ1v) is 12.4. The van der Waals surface area contributed by atoms with Gasteiger partial charge in [0.1, 0.15) is 0 Å². The molecule has 0 saturated heterocycles. The van der Waals surface area contributed by atoms with E-state index < -0.39 is 18.3 Å². The summed E-state index contributed by atoms with van der Waals surface area (Å²) in [4.78, 5) is 0. The molecule has 0 heterocycles. The van der Waals surface area contributed by atoms with E-state index in [0.717, 1.165) is 25.7 Å². The van der Waals surface area contributed by atoms with E-state index in [0.29, 0.717) is 31.3 Å². The molecule has 0 aliphatic heterocycles. The lowest BCUT2D eigenvalue weighted by molar-refractivity contribution is -0.0516. The first kappa shape index (κ1) is 23.2. The van der Waals surface area contributed by atoms with Gasteiger partial charge < -0.3 is 20.1 Å². The SMILES string of the molecule is CCC(C)C(O)COC(C)C1=CC[C@H]2C3=CC=C4CC(O)CC(O)[C@]4(C)[C@H]3CC[C@]12C. The minimum atomic E-state index is -0.487. The number of ether oxygens (including phenoxy) is 1. The fraction of sp³-hybridized carbons (Fsp3) is 0.778. The zero-order chi connectivity index (χ0) is 22.6. The van der Waals surface area contributed by atoms with Crippen molar-refractivity contribution in [1.29, 1.82) is 0 Å². The van der Waals surface area contributed by atoms with Gasteiger partial charge in [0.15, 0.2) is 0 Å². The second kappa shape index (κ2) is 8.44. The Balaban J connectivity index is 1.53. The smallest absolute Gasteiger partial charge is 0.0799 e. The Morgan fingerprint density at radius 2 is 1.90 bits per heavy atom. The van der Waals surface area contributed by atoms with E-state index in [1.807, 2.05) is 0 Å². The van der Waals surface area contributed by atoms with Crippen molar-refractivity contribution >= 4 is 0 Å². The van der Waals surface area contributed by atoms with Crippen molar-refractivity contribution in [2.24, 2.45) is 28.6 Å². The lowest BCUT2D eigenvalue weighted by atomic mass is 9.49. The molecule has 4 heteroatoms. The van der Waals surface area contributed by atoms with Gasteiger partial charge in [-0.2, -0.15) is 0 Å². The third kappa shape index (κ3) is 3.68. The average molecular weight is 431 g/mol. The molecular weight excluding hydrogens is 388 g/mol. The number of hydrogen-bond acceptors (Lipinski definition) is 4. The number of rotatable bonds is 6. The molecule has 0 aromatic carbocycles. The van der Waals surface area contributed by atoms with Gasteiger partial charge >= 0.3 is 0 Å². The van der Waals surface area contributed by atoms with Crippen molar-refractivity contribution in [3.8, 4) is 0 Å². The highest BCUT2D eigenvalue weighted by Crippen LogP contribution is 2.64. The molecule has 3 N–H and O–H groups in total. The second-order valence-corrected chi connectivity index (χ2v) is 11.1. The third-order valence-electron chi connectivity index (χ3n) is 9.55. The van der Waals surface area contributed by atoms with Crippen LogP contribution < -0.4 is 0 Å². The summed E-state index contributed by atoms with van der Waals surface area (Å²) in [5, 5.41) is 31.6. The van der Waals surface area contributed by atoms with Crippen LogP contribution >= 0.6 is 0 Å². The number of hydrogen-bond donors (Lipinski definition) is 3. The Kier molecular flexibility index (Phi) is 6.33. The number of aliphatic hydroxyl groups excluding tert-OH is 3. The maximum absolute atomic E-state index is 11.0. The van der Waals surface area contributed by atoms with Crippen molar-refractivity contribution in [3.63, 3.8) is 0 Å². The van der Waals surface area contributed by atoms with Crippen LogP contribution in [0.3, 0.4) is 0 Å². The Morgan fingerprint density at radius 1 is 1.16 bits per heavy atom. The van der Waals surface area contributed by atoms with Gasteiger partial charge in [-0.05, 0) is 61.3 Å². The van der Waals surface area contributed by atoms with Gasteiger partial charge in [-0.25, -0.2) is 0 Å². The topological polar surface area (TPSA) is 69.9 Å². The van der Waals surface area contributed by atoms with Crippen LogP contribution in [-0.2, 0) is 4.74 Å². The summed E-state index contributed by atoms with van der Waals surface area (Å²) < 4.78 is 6.18. The predicted octanol–water partition coefficient (Wildman–Crippen LogP) is 4.55. The highest BCUT2D eigenvalue weighted by molar-refractivity contribution is 5.43. The molecule has 4 nitrogen and oxygen atoms in total. The first-order chi connectivity index (χ1) is 14.6. The molecule has 0 spiro atoms. The van der Waals surface area contributed by atoms with Gasteiger partial charge in [-0.3, -0.25) is 0 Å². The fourth-order valence-corrected chi connectivity index (χ4v) is 7.07. The zero-order valence-electron chi connectivity index (χ0n) is 20.0. The van der Waals surface area contributed by atoms with Crippen molar-refractivity contribution < 1.29 is 20.1 Å². The third-order valence-corrected chi connectivity index (χ3v) is 9.55. The molecule has 9 atom stereocenters. The van der Waals surface area contributed by atoms with Crippen molar-refractivity contribution in [3.05, 3.63) is 34.9 Å². The van der Waals surface area contributed by atoms with E-state index in [2.05, 4.69) is 52.8 Å². The van der Waals surface area contributed by atoms with E-state index in [1.54, 1.807) is 0 Å². The molecule has 5 unspecified atom stereocenters. The van der Waals surface area contributed by atoms with Crippen LogP contribution in [0.2, 0.25) is 0 Å². The largest absolute Gasteiger partial charge is 0.393 e. The summed E-state index contributed by atoms with van der Waals surface area (Å²) in [6.45, 7) is 11.3. The lowest BCUT2D eigenvalue weighted by Gasteiger charge is -2.56. The Morgan fingerprint density at radius 3 is 2.61 bits per heavy atom. The van der Waals surface area contributed by atoms with Crippen molar-refractivity contribution in [1.82, 2.24) is 0 Å². The maximum atomic E-state index is 11.0. The van der Waals surface area contributed by atoms with Crippen LogP contribution in [0.4, 0.5) is 0 Å². The van der Waals surface area contributed by atoms with Gasteiger partial charge in [-0.15, -0.1) is 0 Å². The maximum Gasteiger partial charge on any atom is 0.0799 e. The zero-order valence-corrected chi connectivity index (χ0v) is 20.0. The highest BCUT2D eigenvalue weighted by atomic mass is 16.5. The van der Waals surface area contributed by atoms with Gasteiger partial charge in [0.2, 0.25) is 0 Å². The normalized spacial score (nSPS) is 42.4. The van der Waals surface area contributed by atoms with Crippen LogP contribution in [0.15, 0.2) is 34.9 Å². The summed E-state index contributed by atoms with van der Waals surface area (Å²) >= 11 is 0. The molecule has 2 fully saturated rings. The summed E-state index contributed by atoms with van der Waals surface area (Å²) in [6, 6.07) is 0. The van der Waals surface area contributed by atoms with Gasteiger partial charge in [0.25, 0.3) is 0 Å². The lowest BCUT2D eigenvalue weighted by Crippen LogP contribution is -2.52. The van der Waals surface area contributed by atoms with E-state index in [1.165, 1.54) is 16.7 Å². The average Bonchev–Trinajstić information content (AvgIpc) is 3.09. The van der Waals surface area contributed by atoms with Gasteiger partial charge in [0.05, 0.1) is 31.0 Å². The number of aliphatic hydroxyl groups is 3. The molecule has 4 aliphatic carbocycles. The molecule has 31 heavy (non-hydrogen) atoms. The Hall–Kier alpha value is -0.940. The van der Waals surface area contributed by atoms with Gasteiger partial charge in [-0.1, -0.05) is 63.5 Å². The van der Waals surface area contributed by atoms with E-state index in [9.17, 15) is 15.3 Å². The molecule has 2 saturated carbocycles. The summed E-state index contributed by atoms with van der Waals surface area (Å²) in [7, 11) is 0. The monoisotopic (exact) mass is 430 g/mol. The van der Waals surface area contributed by atoms with Crippen LogP contribution in [-0.4, -0.2) is 46.3 Å². The minimum absolute atomic E-state index is 0.00607. The quantitative estimate of drug-likeness (QED) is 0.541. The molecule has 4 aliphatic rings. The van der Waals surface area contributed by atoms with Crippen molar-refractivity contribution in [2.45, 2.75) is 97.6 Å². The summed E-state index contributed by atoms with van der Waals surface area (Å²) in [5.41, 5.74) is 3.90. The molecule has 4 rings (SSSR count). The van der Waals surface area contributed by atoms with Crippen LogP contribution in [0.25, 0.3) is 0 Å². The second-order valence-electron chi connectivity index (χ2n) is 11.1. The Labute approximate surface area is 188 Å². The number of fused-ring (bicyclic) bond motifs is 5. The predicted molar refractivity (Wildman–Crippen MR) is 123 cm³/mol. The Bertz CT molecular complexity index is 782. The number of allylic oxidation sites excluding steroid dienone is 4. The van der Waals surface area contributed by atoms with Crippen LogP contribution in [0.5, 0.6) is 0 Å². The van der Waals surface area contributed by atoms with Crippen LogP contribution in [0.1, 0.15) is 73.1 Å². The van der Waals surface area contributed by atoms with E-state index >= 15 is 0 Å². The summed E-state index contributed by atoms with van der Waals surface area (Å²) in [5.74, 6) is 1.04. The molecule has 0 radical (unpaired) electrons. The fourth-order valence-electron chi connectivity index (χ4n) is 7.07. The van der Waals surface area contributed by atoms with E-state index in [-0.39, 0.29) is 22.9 Å². The first-order valence-electron chi connectivity index (χ1n) is 12.4. The molecular formula is C27H42O4. The van der Waals surface area contributed by atoms with Gasteiger partial charge in [0, 0.05) is 11.8 Å². The standard InChI is InChI=1S/C27H42O4/c1-6-16(2)24(29)15-31-17(3)21-9-10-22-20-8-7-18-13-19(28)14-25(30)27(18,5)23(20)11-12-26(21,22)4/h7-9,16-17,19,22-25,28-30H,6,10-15H2,1-5H3/t16?,17?,19?,22-,23-,24?,25?,26+,27-/m0/s1. The highest BCUT2D eigenvalue weighted by Gasteiger charge is 2.57. The molecule has 0 bridgehead atoms. The molecule has 0 aromatic heterocycles. The molecule has 0 amide bonds.